The van der Waals surface area contributed by atoms with Crippen molar-refractivity contribution in [1.29, 1.82) is 0 Å². The van der Waals surface area contributed by atoms with E-state index in [2.05, 4.69) is 6.92 Å². The van der Waals surface area contributed by atoms with E-state index in [1.165, 1.54) is 0 Å². The molecule has 1 saturated carbocycles. The zero-order valence-electron chi connectivity index (χ0n) is 6.08. The van der Waals surface area contributed by atoms with Crippen LogP contribution in [0.5, 0.6) is 0 Å². The molecule has 2 nitrogen and oxygen atoms in total. The third kappa shape index (κ3) is 1.59. The highest BCUT2D eigenvalue weighted by Crippen LogP contribution is 2.39. The zero-order valence-corrected chi connectivity index (χ0v) is 6.08. The van der Waals surface area contributed by atoms with Gasteiger partial charge in [-0.25, -0.2) is 0 Å². The third-order valence-electron chi connectivity index (χ3n) is 1.78. The van der Waals surface area contributed by atoms with Gasteiger partial charge in [-0.2, -0.15) is 0 Å². The lowest BCUT2D eigenvalue weighted by Crippen LogP contribution is -1.97. The first-order chi connectivity index (χ1) is 4.75. The summed E-state index contributed by atoms with van der Waals surface area (Å²) >= 11 is 0. The highest BCUT2D eigenvalue weighted by molar-refractivity contribution is 5.73. The summed E-state index contributed by atoms with van der Waals surface area (Å²) in [6.45, 7) is 2.05. The third-order valence-corrected chi connectivity index (χ3v) is 1.78. The van der Waals surface area contributed by atoms with Crippen LogP contribution in [0.4, 0.5) is 0 Å². The van der Waals surface area contributed by atoms with Gasteiger partial charge in [0.25, 0.3) is 0 Å². The summed E-state index contributed by atoms with van der Waals surface area (Å²) in [6, 6.07) is 0. The number of carboxylic acids is 1. The van der Waals surface area contributed by atoms with E-state index < -0.39 is 5.97 Å². The molecular weight excluding hydrogens is 128 g/mol. The summed E-state index contributed by atoms with van der Waals surface area (Å²) in [5, 5.41) is 8.49. The Morgan fingerprint density at radius 2 is 2.50 bits per heavy atom. The minimum Gasteiger partial charge on any atom is -0.481 e. The first-order valence-electron chi connectivity index (χ1n) is 3.65. The minimum absolute atomic E-state index is 0.0807. The number of carboxylic acid groups (broad SMARTS) is 1. The fourth-order valence-corrected chi connectivity index (χ4v) is 1.02. The van der Waals surface area contributed by atoms with Gasteiger partial charge in [0.15, 0.2) is 0 Å². The Labute approximate surface area is 60.6 Å². The molecule has 2 heteroatoms. The molecule has 0 aromatic carbocycles. The lowest BCUT2D eigenvalue weighted by Gasteiger charge is -1.84. The van der Waals surface area contributed by atoms with Crippen molar-refractivity contribution in [3.05, 3.63) is 12.2 Å². The number of allylic oxidation sites excluding steroid dienone is 2. The van der Waals surface area contributed by atoms with E-state index in [9.17, 15) is 4.79 Å². The van der Waals surface area contributed by atoms with Gasteiger partial charge in [-0.05, 0) is 18.8 Å². The molecule has 0 amide bonds. The summed E-state index contributed by atoms with van der Waals surface area (Å²) in [7, 11) is 0. The Morgan fingerprint density at radius 1 is 1.80 bits per heavy atom. The van der Waals surface area contributed by atoms with Gasteiger partial charge < -0.3 is 5.11 Å². The molecule has 0 aromatic heterocycles. The van der Waals surface area contributed by atoms with Crippen molar-refractivity contribution in [2.45, 2.75) is 19.8 Å². The standard InChI is InChI=1S/C8H12O2/c1-2-3-4-6-5-7(6)8(9)10/h3-4,6-7H,2,5H2,1H3,(H,9,10)/b4-3+/t6-,7-/m1/s1. The van der Waals surface area contributed by atoms with E-state index >= 15 is 0 Å². The molecule has 0 aromatic rings. The maximum absolute atomic E-state index is 10.3. The van der Waals surface area contributed by atoms with E-state index in [1.54, 1.807) is 0 Å². The van der Waals surface area contributed by atoms with Crippen molar-refractivity contribution in [3.8, 4) is 0 Å². The molecule has 1 aliphatic rings. The Bertz CT molecular complexity index is 161. The van der Waals surface area contributed by atoms with Gasteiger partial charge in [-0.15, -0.1) is 0 Å². The maximum atomic E-state index is 10.3. The average Bonchev–Trinajstić information content (AvgIpc) is 2.62. The number of carbonyl (C=O) groups is 1. The normalized spacial score (nSPS) is 30.9. The summed E-state index contributed by atoms with van der Waals surface area (Å²) < 4.78 is 0. The van der Waals surface area contributed by atoms with Crippen molar-refractivity contribution in [3.63, 3.8) is 0 Å². The molecule has 0 unspecified atom stereocenters. The highest BCUT2D eigenvalue weighted by atomic mass is 16.4. The van der Waals surface area contributed by atoms with Crippen LogP contribution >= 0.6 is 0 Å². The quantitative estimate of drug-likeness (QED) is 0.605. The van der Waals surface area contributed by atoms with Crippen LogP contribution in [-0.2, 0) is 4.79 Å². The van der Waals surface area contributed by atoms with Crippen molar-refractivity contribution < 1.29 is 9.90 Å². The molecule has 1 N–H and O–H groups in total. The second-order valence-electron chi connectivity index (χ2n) is 2.68. The van der Waals surface area contributed by atoms with Gasteiger partial charge in [0.05, 0.1) is 5.92 Å². The van der Waals surface area contributed by atoms with E-state index in [0.29, 0.717) is 5.92 Å². The molecule has 0 aliphatic heterocycles. The van der Waals surface area contributed by atoms with Gasteiger partial charge in [0.2, 0.25) is 0 Å². The molecule has 0 radical (unpaired) electrons. The predicted molar refractivity (Wildman–Crippen MR) is 38.7 cm³/mol. The van der Waals surface area contributed by atoms with Crippen LogP contribution in [0.25, 0.3) is 0 Å². The summed E-state index contributed by atoms with van der Waals surface area (Å²) in [5.74, 6) is -0.397. The predicted octanol–water partition coefficient (Wildman–Crippen LogP) is 1.67. The van der Waals surface area contributed by atoms with E-state index in [1.807, 2.05) is 12.2 Å². The maximum Gasteiger partial charge on any atom is 0.307 e. The van der Waals surface area contributed by atoms with E-state index in [-0.39, 0.29) is 5.92 Å². The van der Waals surface area contributed by atoms with Crippen LogP contribution in [-0.4, -0.2) is 11.1 Å². The van der Waals surface area contributed by atoms with E-state index in [4.69, 9.17) is 5.11 Å². The lowest BCUT2D eigenvalue weighted by molar-refractivity contribution is -0.138. The van der Waals surface area contributed by atoms with Crippen LogP contribution in [0.15, 0.2) is 12.2 Å². The number of aliphatic carboxylic acids is 1. The average molecular weight is 140 g/mol. The Hall–Kier alpha value is -0.790. The van der Waals surface area contributed by atoms with Gasteiger partial charge in [-0.3, -0.25) is 4.79 Å². The first kappa shape index (κ1) is 7.32. The van der Waals surface area contributed by atoms with E-state index in [0.717, 1.165) is 12.8 Å². The second kappa shape index (κ2) is 2.86. The molecular formula is C8H12O2. The van der Waals surface area contributed by atoms with Crippen molar-refractivity contribution >= 4 is 5.97 Å². The molecule has 0 heterocycles. The first-order valence-corrected chi connectivity index (χ1v) is 3.65. The SMILES string of the molecule is CC/C=C/[C@@H]1C[C@H]1C(=O)O. The second-order valence-corrected chi connectivity index (χ2v) is 2.68. The van der Waals surface area contributed by atoms with Crippen molar-refractivity contribution in [1.82, 2.24) is 0 Å². The van der Waals surface area contributed by atoms with Crippen molar-refractivity contribution in [2.24, 2.45) is 11.8 Å². The summed E-state index contributed by atoms with van der Waals surface area (Å²) in [5.41, 5.74) is 0. The van der Waals surface area contributed by atoms with Crippen LogP contribution < -0.4 is 0 Å². The summed E-state index contributed by atoms with van der Waals surface area (Å²) in [4.78, 5) is 10.3. The highest BCUT2D eigenvalue weighted by Gasteiger charge is 2.40. The van der Waals surface area contributed by atoms with Crippen molar-refractivity contribution in [2.75, 3.05) is 0 Å². The molecule has 1 rings (SSSR count). The van der Waals surface area contributed by atoms with Crippen LogP contribution in [0.3, 0.4) is 0 Å². The molecule has 0 spiro atoms. The Kier molecular flexibility index (Phi) is 2.10. The van der Waals surface area contributed by atoms with Gasteiger partial charge in [-0.1, -0.05) is 19.1 Å². The van der Waals surface area contributed by atoms with Gasteiger partial charge >= 0.3 is 5.97 Å². The van der Waals surface area contributed by atoms with Gasteiger partial charge in [0, 0.05) is 0 Å². The summed E-state index contributed by atoms with van der Waals surface area (Å²) in [6.07, 6.45) is 5.89. The molecule has 10 heavy (non-hydrogen) atoms. The van der Waals surface area contributed by atoms with Gasteiger partial charge in [0.1, 0.15) is 0 Å². The molecule has 0 bridgehead atoms. The Morgan fingerprint density at radius 3 is 2.90 bits per heavy atom. The zero-order chi connectivity index (χ0) is 7.56. The topological polar surface area (TPSA) is 37.3 Å². The molecule has 56 valence electrons. The Balaban J connectivity index is 2.25. The number of hydrogen-bond acceptors (Lipinski definition) is 1. The fourth-order valence-electron chi connectivity index (χ4n) is 1.02. The number of hydrogen-bond donors (Lipinski definition) is 1. The molecule has 2 atom stereocenters. The lowest BCUT2D eigenvalue weighted by atomic mass is 10.3. The number of rotatable bonds is 3. The monoisotopic (exact) mass is 140 g/mol. The van der Waals surface area contributed by atoms with Crippen LogP contribution in [0, 0.1) is 11.8 Å². The minimum atomic E-state index is -0.647. The molecule has 1 aliphatic carbocycles. The molecule has 0 saturated heterocycles. The fraction of sp³-hybridized carbons (Fsp3) is 0.625. The molecule has 1 fully saturated rings. The largest absolute Gasteiger partial charge is 0.481 e. The van der Waals surface area contributed by atoms with Crippen LogP contribution in [0.1, 0.15) is 19.8 Å². The van der Waals surface area contributed by atoms with Crippen LogP contribution in [0.2, 0.25) is 0 Å². The smallest absolute Gasteiger partial charge is 0.307 e.